The molecule has 0 fully saturated rings. The molecule has 90 valence electrons. The Morgan fingerprint density at radius 3 is 3.00 bits per heavy atom. The number of hydrogen-bond acceptors (Lipinski definition) is 5. The molecule has 2 N–H and O–H groups in total. The average Bonchev–Trinajstić information content (AvgIpc) is 2.89. The molecule has 2 aromatic heterocycles. The summed E-state index contributed by atoms with van der Waals surface area (Å²) in [5, 5.41) is 4.01. The van der Waals surface area contributed by atoms with Gasteiger partial charge in [0.2, 0.25) is 5.76 Å². The molecule has 2 heterocycles. The second kappa shape index (κ2) is 4.73. The summed E-state index contributed by atoms with van der Waals surface area (Å²) in [6, 6.07) is 4.99. The zero-order valence-electron chi connectivity index (χ0n) is 9.42. The van der Waals surface area contributed by atoms with Gasteiger partial charge in [0.25, 0.3) is 0 Å². The number of furan rings is 1. The Bertz CT molecular complexity index is 516. The van der Waals surface area contributed by atoms with E-state index in [1.807, 2.05) is 0 Å². The van der Waals surface area contributed by atoms with E-state index in [9.17, 15) is 4.79 Å². The molecule has 0 bridgehead atoms. The van der Waals surface area contributed by atoms with Gasteiger partial charge in [0, 0.05) is 6.20 Å². The van der Waals surface area contributed by atoms with Crippen LogP contribution in [0.2, 0.25) is 0 Å². The molecular weight excluding hydrogens is 222 g/mol. The largest absolute Gasteiger partial charge is 0.460 e. The molecule has 0 spiro atoms. The van der Waals surface area contributed by atoms with E-state index in [2.05, 4.69) is 5.10 Å². The van der Waals surface area contributed by atoms with Gasteiger partial charge in [-0.25, -0.2) is 4.79 Å². The van der Waals surface area contributed by atoms with Crippen molar-refractivity contribution in [3.05, 3.63) is 35.9 Å². The second-order valence-electron chi connectivity index (χ2n) is 3.42. The standard InChI is InChI=1S/C11H13N3O3/c1-2-16-11(15)9-4-3-8(17-9)7-14-6-5-10(12)13-14/h3-6H,2,7H2,1H3,(H2,12,13). The summed E-state index contributed by atoms with van der Waals surface area (Å²) >= 11 is 0. The van der Waals surface area contributed by atoms with E-state index in [1.54, 1.807) is 36.0 Å². The summed E-state index contributed by atoms with van der Waals surface area (Å²) in [6.45, 7) is 2.50. The van der Waals surface area contributed by atoms with Gasteiger partial charge in [0.05, 0.1) is 13.2 Å². The lowest BCUT2D eigenvalue weighted by atomic mass is 10.4. The molecule has 0 aliphatic rings. The summed E-state index contributed by atoms with van der Waals surface area (Å²) in [4.78, 5) is 11.4. The highest BCUT2D eigenvalue weighted by molar-refractivity contribution is 5.86. The molecule has 0 radical (unpaired) electrons. The van der Waals surface area contributed by atoms with Gasteiger partial charge in [-0.05, 0) is 25.1 Å². The van der Waals surface area contributed by atoms with Crippen LogP contribution >= 0.6 is 0 Å². The van der Waals surface area contributed by atoms with E-state index in [0.717, 1.165) is 0 Å². The normalized spacial score (nSPS) is 10.4. The first-order valence-electron chi connectivity index (χ1n) is 5.24. The van der Waals surface area contributed by atoms with Crippen molar-refractivity contribution >= 4 is 11.8 Å². The van der Waals surface area contributed by atoms with Crippen molar-refractivity contribution in [3.8, 4) is 0 Å². The smallest absolute Gasteiger partial charge is 0.374 e. The molecule has 17 heavy (non-hydrogen) atoms. The SMILES string of the molecule is CCOC(=O)c1ccc(Cn2ccc(N)n2)o1. The van der Waals surface area contributed by atoms with Crippen LogP contribution in [0.5, 0.6) is 0 Å². The first-order valence-corrected chi connectivity index (χ1v) is 5.24. The highest BCUT2D eigenvalue weighted by Crippen LogP contribution is 2.11. The maximum Gasteiger partial charge on any atom is 0.374 e. The Hall–Kier alpha value is -2.24. The van der Waals surface area contributed by atoms with Gasteiger partial charge in [0.1, 0.15) is 11.6 Å². The number of anilines is 1. The van der Waals surface area contributed by atoms with Crippen molar-refractivity contribution in [2.45, 2.75) is 13.5 Å². The number of ether oxygens (including phenoxy) is 1. The van der Waals surface area contributed by atoms with Gasteiger partial charge < -0.3 is 14.9 Å². The minimum Gasteiger partial charge on any atom is -0.460 e. The number of nitrogens with two attached hydrogens (primary N) is 1. The molecule has 0 aliphatic carbocycles. The number of rotatable bonds is 4. The number of carbonyl (C=O) groups excluding carboxylic acids is 1. The molecule has 6 heteroatoms. The molecular formula is C11H13N3O3. The Balaban J connectivity index is 2.06. The zero-order chi connectivity index (χ0) is 12.3. The van der Waals surface area contributed by atoms with Crippen LogP contribution in [-0.4, -0.2) is 22.4 Å². The van der Waals surface area contributed by atoms with Gasteiger partial charge >= 0.3 is 5.97 Å². The van der Waals surface area contributed by atoms with E-state index in [0.29, 0.717) is 24.7 Å². The Morgan fingerprint density at radius 2 is 2.35 bits per heavy atom. The number of carbonyl (C=O) groups is 1. The molecule has 0 atom stereocenters. The summed E-state index contributed by atoms with van der Waals surface area (Å²) in [5.41, 5.74) is 5.49. The Labute approximate surface area is 98.0 Å². The van der Waals surface area contributed by atoms with Gasteiger partial charge in [-0.1, -0.05) is 0 Å². The third kappa shape index (κ3) is 2.66. The lowest BCUT2D eigenvalue weighted by molar-refractivity contribution is 0.0488. The zero-order valence-corrected chi connectivity index (χ0v) is 9.42. The van der Waals surface area contributed by atoms with Crippen LogP contribution < -0.4 is 5.73 Å². The van der Waals surface area contributed by atoms with Crippen molar-refractivity contribution in [1.29, 1.82) is 0 Å². The first-order chi connectivity index (χ1) is 8.19. The van der Waals surface area contributed by atoms with Crippen LogP contribution in [0, 0.1) is 0 Å². The van der Waals surface area contributed by atoms with Crippen LogP contribution in [-0.2, 0) is 11.3 Å². The molecule has 0 aliphatic heterocycles. The quantitative estimate of drug-likeness (QED) is 0.807. The topological polar surface area (TPSA) is 83.3 Å². The van der Waals surface area contributed by atoms with Crippen molar-refractivity contribution in [2.24, 2.45) is 0 Å². The van der Waals surface area contributed by atoms with E-state index in [4.69, 9.17) is 14.9 Å². The molecule has 2 rings (SSSR count). The molecule has 2 aromatic rings. The first kappa shape index (κ1) is 11.3. The van der Waals surface area contributed by atoms with Crippen molar-refractivity contribution in [2.75, 3.05) is 12.3 Å². The monoisotopic (exact) mass is 235 g/mol. The molecule has 0 amide bonds. The molecule has 0 unspecified atom stereocenters. The molecule has 0 aromatic carbocycles. The average molecular weight is 235 g/mol. The summed E-state index contributed by atoms with van der Waals surface area (Å²) < 4.78 is 11.8. The van der Waals surface area contributed by atoms with Crippen molar-refractivity contribution < 1.29 is 13.9 Å². The molecule has 0 saturated heterocycles. The fourth-order valence-electron chi connectivity index (χ4n) is 1.40. The Morgan fingerprint density at radius 1 is 1.53 bits per heavy atom. The number of nitrogen functional groups attached to an aromatic ring is 1. The van der Waals surface area contributed by atoms with Gasteiger partial charge in [-0.3, -0.25) is 4.68 Å². The summed E-state index contributed by atoms with van der Waals surface area (Å²) in [7, 11) is 0. The van der Waals surface area contributed by atoms with E-state index >= 15 is 0 Å². The maximum atomic E-state index is 11.4. The lowest BCUT2D eigenvalue weighted by Gasteiger charge is -1.98. The number of nitrogens with zero attached hydrogens (tertiary/aromatic N) is 2. The van der Waals surface area contributed by atoms with Gasteiger partial charge in [-0.2, -0.15) is 5.10 Å². The molecule has 6 nitrogen and oxygen atoms in total. The fraction of sp³-hybridized carbons (Fsp3) is 0.273. The van der Waals surface area contributed by atoms with Crippen LogP contribution in [0.25, 0.3) is 0 Å². The van der Waals surface area contributed by atoms with Crippen molar-refractivity contribution in [1.82, 2.24) is 9.78 Å². The summed E-state index contributed by atoms with van der Waals surface area (Å²) in [6.07, 6.45) is 1.74. The second-order valence-corrected chi connectivity index (χ2v) is 3.42. The third-order valence-corrected chi connectivity index (χ3v) is 2.12. The van der Waals surface area contributed by atoms with Gasteiger partial charge in [0.15, 0.2) is 0 Å². The predicted octanol–water partition coefficient (Wildman–Crippen LogP) is 1.28. The lowest BCUT2D eigenvalue weighted by Crippen LogP contribution is -2.03. The van der Waals surface area contributed by atoms with Crippen LogP contribution in [0.3, 0.4) is 0 Å². The Kier molecular flexibility index (Phi) is 3.13. The summed E-state index contributed by atoms with van der Waals surface area (Å²) in [5.74, 6) is 0.805. The van der Waals surface area contributed by atoms with E-state index in [-0.39, 0.29) is 5.76 Å². The fourth-order valence-corrected chi connectivity index (χ4v) is 1.40. The highest BCUT2D eigenvalue weighted by Gasteiger charge is 2.12. The number of aromatic nitrogens is 2. The predicted molar refractivity (Wildman–Crippen MR) is 60.4 cm³/mol. The van der Waals surface area contributed by atoms with Crippen molar-refractivity contribution in [3.63, 3.8) is 0 Å². The molecule has 0 saturated carbocycles. The van der Waals surface area contributed by atoms with Gasteiger partial charge in [-0.15, -0.1) is 0 Å². The van der Waals surface area contributed by atoms with Crippen LogP contribution in [0.1, 0.15) is 23.2 Å². The maximum absolute atomic E-state index is 11.4. The number of hydrogen-bond donors (Lipinski definition) is 1. The minimum absolute atomic E-state index is 0.196. The van der Waals surface area contributed by atoms with Crippen LogP contribution in [0.4, 0.5) is 5.82 Å². The highest BCUT2D eigenvalue weighted by atomic mass is 16.5. The van der Waals surface area contributed by atoms with E-state index in [1.165, 1.54) is 0 Å². The minimum atomic E-state index is -0.460. The third-order valence-electron chi connectivity index (χ3n) is 2.12. The number of esters is 1. The van der Waals surface area contributed by atoms with Crippen LogP contribution in [0.15, 0.2) is 28.8 Å². The van der Waals surface area contributed by atoms with E-state index < -0.39 is 5.97 Å².